The van der Waals surface area contributed by atoms with Crippen LogP contribution in [0.5, 0.6) is 0 Å². The van der Waals surface area contributed by atoms with Crippen LogP contribution >= 0.6 is 34.5 Å². The fraction of sp³-hybridized carbons (Fsp3) is 0.375. The van der Waals surface area contributed by atoms with E-state index >= 15 is 0 Å². The zero-order valence-electron chi connectivity index (χ0n) is 12.0. The van der Waals surface area contributed by atoms with E-state index in [9.17, 15) is 0 Å². The van der Waals surface area contributed by atoms with E-state index in [2.05, 4.69) is 44.3 Å². The fourth-order valence-corrected chi connectivity index (χ4v) is 4.08. The lowest BCUT2D eigenvalue weighted by atomic mass is 9.94. The molecule has 1 N–H and O–H groups in total. The summed E-state index contributed by atoms with van der Waals surface area (Å²) in [6.45, 7) is 7.33. The molecule has 0 saturated heterocycles. The average molecular weight is 328 g/mol. The van der Waals surface area contributed by atoms with Gasteiger partial charge in [-0.2, -0.15) is 0 Å². The van der Waals surface area contributed by atoms with Gasteiger partial charge in [0.1, 0.15) is 0 Å². The molecule has 108 valence electrons. The van der Waals surface area contributed by atoms with Crippen molar-refractivity contribution in [3.8, 4) is 0 Å². The molecule has 0 aliphatic rings. The Labute approximate surface area is 134 Å². The molecule has 0 saturated carbocycles. The van der Waals surface area contributed by atoms with Gasteiger partial charge in [0, 0.05) is 11.6 Å². The highest BCUT2D eigenvalue weighted by Gasteiger charge is 2.18. The molecule has 1 heterocycles. The number of likely N-dealkylation sites (N-methyl/N-ethyl adjacent to an activating group) is 1. The van der Waals surface area contributed by atoms with Gasteiger partial charge in [0.25, 0.3) is 0 Å². The summed E-state index contributed by atoms with van der Waals surface area (Å²) < 4.78 is 1.53. The summed E-state index contributed by atoms with van der Waals surface area (Å²) in [5.41, 5.74) is 5.14. The summed E-state index contributed by atoms with van der Waals surface area (Å²) in [6.07, 6.45) is 0.930. The minimum Gasteiger partial charge on any atom is -0.310 e. The molecule has 0 amide bonds. The van der Waals surface area contributed by atoms with Gasteiger partial charge in [-0.05, 0) is 49.6 Å². The lowest BCUT2D eigenvalue weighted by molar-refractivity contribution is 0.549. The first kappa shape index (κ1) is 15.8. The molecule has 0 fully saturated rings. The molecular weight excluding hydrogens is 309 g/mol. The largest absolute Gasteiger partial charge is 0.310 e. The zero-order valence-corrected chi connectivity index (χ0v) is 14.3. The molecule has 0 spiro atoms. The lowest BCUT2D eigenvalue weighted by Crippen LogP contribution is -2.23. The molecule has 1 aromatic carbocycles. The normalized spacial score (nSPS) is 12.7. The van der Waals surface area contributed by atoms with Gasteiger partial charge in [0.2, 0.25) is 0 Å². The molecular formula is C16H19Cl2NS. The van der Waals surface area contributed by atoms with Gasteiger partial charge >= 0.3 is 0 Å². The molecule has 0 aliphatic heterocycles. The minimum atomic E-state index is 0.205. The predicted octanol–water partition coefficient (Wildman–Crippen LogP) is 5.57. The second-order valence-electron chi connectivity index (χ2n) is 4.96. The molecule has 1 unspecified atom stereocenters. The Morgan fingerprint density at radius 1 is 1.20 bits per heavy atom. The number of hydrogen-bond donors (Lipinski definition) is 1. The van der Waals surface area contributed by atoms with Crippen LogP contribution in [0.1, 0.15) is 35.2 Å². The van der Waals surface area contributed by atoms with Crippen LogP contribution in [0.4, 0.5) is 0 Å². The number of thiophene rings is 1. The molecule has 2 aromatic rings. The van der Waals surface area contributed by atoms with Gasteiger partial charge in [-0.3, -0.25) is 0 Å². The smallest absolute Gasteiger partial charge is 0.0992 e. The SMILES string of the molecule is CCNC(Cc1c(C)cccc1C)c1cc(Cl)sc1Cl. The first-order valence-electron chi connectivity index (χ1n) is 6.76. The van der Waals surface area contributed by atoms with Crippen LogP contribution in [0.15, 0.2) is 24.3 Å². The van der Waals surface area contributed by atoms with Gasteiger partial charge in [-0.1, -0.05) is 48.3 Å². The highest BCUT2D eigenvalue weighted by Crippen LogP contribution is 2.36. The van der Waals surface area contributed by atoms with E-state index in [4.69, 9.17) is 23.2 Å². The number of hydrogen-bond acceptors (Lipinski definition) is 2. The summed E-state index contributed by atoms with van der Waals surface area (Å²) in [4.78, 5) is 0. The monoisotopic (exact) mass is 327 g/mol. The van der Waals surface area contributed by atoms with Gasteiger partial charge in [-0.25, -0.2) is 0 Å². The Hall–Kier alpha value is -0.540. The molecule has 1 nitrogen and oxygen atoms in total. The molecule has 1 aromatic heterocycles. The second-order valence-corrected chi connectivity index (χ2v) is 7.25. The third-order valence-electron chi connectivity index (χ3n) is 3.56. The minimum absolute atomic E-state index is 0.205. The van der Waals surface area contributed by atoms with E-state index in [-0.39, 0.29) is 6.04 Å². The van der Waals surface area contributed by atoms with Crippen molar-refractivity contribution in [1.82, 2.24) is 5.32 Å². The van der Waals surface area contributed by atoms with E-state index in [0.29, 0.717) is 0 Å². The van der Waals surface area contributed by atoms with Gasteiger partial charge in [0.05, 0.1) is 8.67 Å². The maximum Gasteiger partial charge on any atom is 0.0992 e. The van der Waals surface area contributed by atoms with Gasteiger partial charge in [0.15, 0.2) is 0 Å². The van der Waals surface area contributed by atoms with E-state index < -0.39 is 0 Å². The van der Waals surface area contributed by atoms with Crippen molar-refractivity contribution in [2.24, 2.45) is 0 Å². The number of aryl methyl sites for hydroxylation is 2. The van der Waals surface area contributed by atoms with E-state index in [1.807, 2.05) is 6.07 Å². The summed E-state index contributed by atoms with van der Waals surface area (Å²) in [5.74, 6) is 0. The Morgan fingerprint density at radius 2 is 1.85 bits per heavy atom. The number of halogens is 2. The van der Waals surface area contributed by atoms with Crippen LogP contribution in [-0.4, -0.2) is 6.54 Å². The van der Waals surface area contributed by atoms with Crippen LogP contribution in [-0.2, 0) is 6.42 Å². The topological polar surface area (TPSA) is 12.0 Å². The molecule has 0 bridgehead atoms. The summed E-state index contributed by atoms with van der Waals surface area (Å²) >= 11 is 13.8. The van der Waals surface area contributed by atoms with Crippen molar-refractivity contribution >= 4 is 34.5 Å². The number of rotatable bonds is 5. The molecule has 1 atom stereocenters. The van der Waals surface area contributed by atoms with Crippen molar-refractivity contribution in [3.05, 3.63) is 55.2 Å². The average Bonchev–Trinajstić information content (AvgIpc) is 2.72. The van der Waals surface area contributed by atoms with E-state index in [1.165, 1.54) is 28.0 Å². The maximum absolute atomic E-state index is 6.32. The van der Waals surface area contributed by atoms with Crippen LogP contribution in [0, 0.1) is 13.8 Å². The van der Waals surface area contributed by atoms with Crippen LogP contribution in [0.25, 0.3) is 0 Å². The lowest BCUT2D eigenvalue weighted by Gasteiger charge is -2.20. The number of benzene rings is 1. The van der Waals surface area contributed by atoms with Crippen LogP contribution in [0.2, 0.25) is 8.67 Å². The third-order valence-corrected chi connectivity index (χ3v) is 5.08. The molecule has 4 heteroatoms. The standard InChI is InChI=1S/C16H19Cl2NS/c1-4-19-14(13-9-15(17)20-16(13)18)8-12-10(2)6-5-7-11(12)3/h5-7,9,14,19H,4,8H2,1-3H3. The van der Waals surface area contributed by atoms with Crippen LogP contribution < -0.4 is 5.32 Å². The summed E-state index contributed by atoms with van der Waals surface area (Å²) in [7, 11) is 0. The van der Waals surface area contributed by atoms with Crippen molar-refractivity contribution in [3.63, 3.8) is 0 Å². The molecule has 0 radical (unpaired) electrons. The first-order valence-corrected chi connectivity index (χ1v) is 8.33. The fourth-order valence-electron chi connectivity index (χ4n) is 2.50. The Morgan fingerprint density at radius 3 is 2.35 bits per heavy atom. The van der Waals surface area contributed by atoms with E-state index in [1.54, 1.807) is 0 Å². The van der Waals surface area contributed by atoms with Crippen molar-refractivity contribution in [2.75, 3.05) is 6.54 Å². The van der Waals surface area contributed by atoms with Crippen molar-refractivity contribution < 1.29 is 0 Å². The Bertz CT molecular complexity index is 572. The molecule has 0 aliphatic carbocycles. The predicted molar refractivity (Wildman–Crippen MR) is 90.4 cm³/mol. The summed E-state index contributed by atoms with van der Waals surface area (Å²) in [6, 6.07) is 8.61. The molecule has 20 heavy (non-hydrogen) atoms. The molecule has 2 rings (SSSR count). The first-order chi connectivity index (χ1) is 9.52. The van der Waals surface area contributed by atoms with Gasteiger partial charge < -0.3 is 5.32 Å². The Kier molecular flexibility index (Phi) is 5.50. The highest BCUT2D eigenvalue weighted by molar-refractivity contribution is 7.20. The van der Waals surface area contributed by atoms with Crippen molar-refractivity contribution in [1.29, 1.82) is 0 Å². The summed E-state index contributed by atoms with van der Waals surface area (Å²) in [5, 5.41) is 3.52. The number of nitrogens with one attached hydrogen (secondary N) is 1. The second kappa shape index (κ2) is 6.95. The Balaban J connectivity index is 2.33. The van der Waals surface area contributed by atoms with E-state index in [0.717, 1.165) is 27.2 Å². The van der Waals surface area contributed by atoms with Crippen molar-refractivity contribution in [2.45, 2.75) is 33.2 Å². The van der Waals surface area contributed by atoms with Gasteiger partial charge in [-0.15, -0.1) is 11.3 Å². The third kappa shape index (κ3) is 3.56. The van der Waals surface area contributed by atoms with Crippen LogP contribution in [0.3, 0.4) is 0 Å². The quantitative estimate of drug-likeness (QED) is 0.757. The maximum atomic E-state index is 6.32. The highest BCUT2D eigenvalue weighted by atomic mass is 35.5. The zero-order chi connectivity index (χ0) is 14.7.